The van der Waals surface area contributed by atoms with E-state index in [-0.39, 0.29) is 0 Å². The Morgan fingerprint density at radius 2 is 1.59 bits per heavy atom. The number of hydrogen-bond acceptors (Lipinski definition) is 4. The Bertz CT molecular complexity index is 1190. The minimum atomic E-state index is 0.320. The summed E-state index contributed by atoms with van der Waals surface area (Å²) >= 11 is 0. The molecule has 0 aliphatic carbocycles. The molecule has 32 heavy (non-hydrogen) atoms. The van der Waals surface area contributed by atoms with Crippen molar-refractivity contribution < 1.29 is 4.74 Å². The Balaban J connectivity index is 1.49. The number of aryl methyl sites for hydroxylation is 3. The molecule has 0 atom stereocenters. The van der Waals surface area contributed by atoms with Gasteiger partial charge in [0.2, 0.25) is 0 Å². The molecule has 0 aliphatic heterocycles. The van der Waals surface area contributed by atoms with Crippen LogP contribution in [0.2, 0.25) is 0 Å². The highest BCUT2D eigenvalue weighted by atomic mass is 16.5. The van der Waals surface area contributed by atoms with Crippen molar-refractivity contribution in [1.82, 2.24) is 9.97 Å². The van der Waals surface area contributed by atoms with E-state index in [0.717, 1.165) is 66.1 Å². The summed E-state index contributed by atoms with van der Waals surface area (Å²) in [6, 6.07) is 17.1. The molecule has 0 saturated carbocycles. The highest BCUT2D eigenvalue weighted by molar-refractivity contribution is 6.08. The summed E-state index contributed by atoms with van der Waals surface area (Å²) in [5.74, 6) is 1.46. The van der Waals surface area contributed by atoms with Gasteiger partial charge < -0.3 is 10.5 Å². The van der Waals surface area contributed by atoms with Gasteiger partial charge in [-0.3, -0.25) is 4.98 Å². The molecule has 2 N–H and O–H groups in total. The van der Waals surface area contributed by atoms with Crippen molar-refractivity contribution in [2.75, 3.05) is 5.73 Å². The van der Waals surface area contributed by atoms with Crippen LogP contribution in [0.5, 0.6) is 5.75 Å². The van der Waals surface area contributed by atoms with Gasteiger partial charge in [-0.15, -0.1) is 0 Å². The number of ether oxygens (including phenoxy) is 1. The minimum absolute atomic E-state index is 0.320. The average molecular weight is 428 g/mol. The summed E-state index contributed by atoms with van der Waals surface area (Å²) < 4.78 is 6.19. The second-order valence-corrected chi connectivity index (χ2v) is 8.72. The molecule has 0 fully saturated rings. The number of fused-ring (bicyclic) bond motifs is 3. The molecule has 2 aromatic carbocycles. The number of anilines is 1. The van der Waals surface area contributed by atoms with Crippen LogP contribution in [0.3, 0.4) is 0 Å². The molecule has 2 heterocycles. The molecule has 0 bridgehead atoms. The highest BCUT2D eigenvalue weighted by Crippen LogP contribution is 2.28. The van der Waals surface area contributed by atoms with E-state index in [1.165, 1.54) is 16.7 Å². The van der Waals surface area contributed by atoms with Gasteiger partial charge >= 0.3 is 0 Å². The minimum Gasteiger partial charge on any atom is -0.490 e. The van der Waals surface area contributed by atoms with E-state index in [4.69, 9.17) is 10.5 Å². The van der Waals surface area contributed by atoms with Gasteiger partial charge in [0.05, 0.1) is 11.6 Å². The Kier molecular flexibility index (Phi) is 6.89. The maximum Gasteiger partial charge on any atom is 0.150 e. The molecule has 4 nitrogen and oxygen atoms in total. The zero-order chi connectivity index (χ0) is 22.5. The molecule has 4 rings (SSSR count). The normalized spacial score (nSPS) is 11.5. The second kappa shape index (κ2) is 9.99. The number of nitrogen functional groups attached to an aromatic ring is 1. The van der Waals surface area contributed by atoms with Crippen molar-refractivity contribution in [3.8, 4) is 5.75 Å². The van der Waals surface area contributed by atoms with Crippen LogP contribution in [0.1, 0.15) is 56.2 Å². The van der Waals surface area contributed by atoms with E-state index in [9.17, 15) is 0 Å². The lowest BCUT2D eigenvalue weighted by Gasteiger charge is -2.18. The third-order valence-electron chi connectivity index (χ3n) is 6.02. The average Bonchev–Trinajstić information content (AvgIpc) is 2.79. The predicted octanol–water partition coefficient (Wildman–Crippen LogP) is 6.81. The van der Waals surface area contributed by atoms with E-state index in [1.54, 1.807) is 0 Å². The van der Waals surface area contributed by atoms with Gasteiger partial charge in [0.15, 0.2) is 5.82 Å². The Hall–Kier alpha value is -3.14. The number of nitrogens with two attached hydrogens (primary N) is 1. The van der Waals surface area contributed by atoms with Crippen molar-refractivity contribution in [3.63, 3.8) is 0 Å². The van der Waals surface area contributed by atoms with E-state index in [0.29, 0.717) is 11.9 Å². The van der Waals surface area contributed by atoms with E-state index in [1.807, 2.05) is 6.20 Å². The molecule has 0 radical (unpaired) electrons. The zero-order valence-corrected chi connectivity index (χ0v) is 19.4. The summed E-state index contributed by atoms with van der Waals surface area (Å²) in [4.78, 5) is 9.18. The maximum absolute atomic E-state index is 6.19. The van der Waals surface area contributed by atoms with Gasteiger partial charge in [0.25, 0.3) is 0 Å². The first kappa shape index (κ1) is 22.1. The fourth-order valence-corrected chi connectivity index (χ4v) is 4.32. The summed E-state index contributed by atoms with van der Waals surface area (Å²) in [5.41, 5.74) is 11.6. The molecule has 2 aromatic heterocycles. The van der Waals surface area contributed by atoms with E-state index >= 15 is 0 Å². The first-order valence-corrected chi connectivity index (χ1v) is 11.8. The SMILES string of the molecule is CCCC(CCC)Oc1ccc(CCc2cnc3c(N)nc4cc(C)ccc4c3c2)cc1. The van der Waals surface area contributed by atoms with Crippen molar-refractivity contribution in [2.45, 2.75) is 65.4 Å². The van der Waals surface area contributed by atoms with Gasteiger partial charge in [-0.2, -0.15) is 0 Å². The third kappa shape index (κ3) is 5.01. The lowest BCUT2D eigenvalue weighted by atomic mass is 10.0. The number of hydrogen-bond donors (Lipinski definition) is 1. The molecular weight excluding hydrogens is 394 g/mol. The van der Waals surface area contributed by atoms with Crippen molar-refractivity contribution >= 4 is 27.6 Å². The molecule has 0 unspecified atom stereocenters. The van der Waals surface area contributed by atoms with Crippen LogP contribution >= 0.6 is 0 Å². The molecule has 166 valence electrons. The predicted molar refractivity (Wildman–Crippen MR) is 134 cm³/mol. The molecule has 4 heteroatoms. The summed E-state index contributed by atoms with van der Waals surface area (Å²) in [7, 11) is 0. The Labute approximate surface area is 190 Å². The van der Waals surface area contributed by atoms with Gasteiger partial charge in [-0.1, -0.05) is 51.0 Å². The fraction of sp³-hybridized carbons (Fsp3) is 0.357. The molecule has 4 aromatic rings. The maximum atomic E-state index is 6.19. The molecule has 0 saturated heterocycles. The molecular formula is C28H33N3O. The number of aromatic nitrogens is 2. The first-order valence-electron chi connectivity index (χ1n) is 11.8. The highest BCUT2D eigenvalue weighted by Gasteiger charge is 2.10. The zero-order valence-electron chi connectivity index (χ0n) is 19.4. The number of benzene rings is 2. The standard InChI is InChI=1S/C28H33N3O/c1-4-6-22(7-5-2)32-23-13-11-20(12-14-23)9-10-21-17-25-24-15-8-19(3)16-26(24)31-28(29)27(25)30-18-21/h8,11-18,22H,4-7,9-10H2,1-3H3,(H2,29,31). The summed E-state index contributed by atoms with van der Waals surface area (Å²) in [5, 5.41) is 2.18. The number of nitrogens with zero attached hydrogens (tertiary/aromatic N) is 2. The summed E-state index contributed by atoms with van der Waals surface area (Å²) in [6.45, 7) is 6.50. The topological polar surface area (TPSA) is 61.0 Å². The Morgan fingerprint density at radius 1 is 0.875 bits per heavy atom. The second-order valence-electron chi connectivity index (χ2n) is 8.72. The van der Waals surface area contributed by atoms with Gasteiger partial charge in [0, 0.05) is 17.0 Å². The van der Waals surface area contributed by atoms with Crippen LogP contribution in [0.15, 0.2) is 54.7 Å². The number of pyridine rings is 2. The molecule has 0 amide bonds. The molecule has 0 aliphatic rings. The smallest absolute Gasteiger partial charge is 0.150 e. The summed E-state index contributed by atoms with van der Waals surface area (Å²) in [6.07, 6.45) is 8.65. The van der Waals surface area contributed by atoms with Crippen LogP contribution in [0.4, 0.5) is 5.82 Å². The lowest BCUT2D eigenvalue weighted by Crippen LogP contribution is -2.15. The van der Waals surface area contributed by atoms with Crippen LogP contribution in [0, 0.1) is 6.92 Å². The van der Waals surface area contributed by atoms with Gasteiger partial charge in [0.1, 0.15) is 11.3 Å². The van der Waals surface area contributed by atoms with Gasteiger partial charge in [-0.05, 0) is 73.6 Å². The lowest BCUT2D eigenvalue weighted by molar-refractivity contribution is 0.179. The van der Waals surface area contributed by atoms with Crippen molar-refractivity contribution in [1.29, 1.82) is 0 Å². The third-order valence-corrected chi connectivity index (χ3v) is 6.02. The van der Waals surface area contributed by atoms with Crippen molar-refractivity contribution in [3.05, 3.63) is 71.4 Å². The van der Waals surface area contributed by atoms with Crippen LogP contribution in [0.25, 0.3) is 21.8 Å². The van der Waals surface area contributed by atoms with E-state index < -0.39 is 0 Å². The Morgan fingerprint density at radius 3 is 2.31 bits per heavy atom. The quantitative estimate of drug-likeness (QED) is 0.298. The van der Waals surface area contributed by atoms with Crippen molar-refractivity contribution in [2.24, 2.45) is 0 Å². The first-order chi connectivity index (χ1) is 15.6. The van der Waals surface area contributed by atoms with E-state index in [2.05, 4.69) is 79.3 Å². The van der Waals surface area contributed by atoms with Crippen LogP contribution < -0.4 is 10.5 Å². The molecule has 0 spiro atoms. The van der Waals surface area contributed by atoms with Crippen LogP contribution in [-0.4, -0.2) is 16.1 Å². The fourth-order valence-electron chi connectivity index (χ4n) is 4.32. The van der Waals surface area contributed by atoms with Crippen LogP contribution in [-0.2, 0) is 12.8 Å². The monoisotopic (exact) mass is 427 g/mol. The number of rotatable bonds is 9. The van der Waals surface area contributed by atoms with Gasteiger partial charge in [-0.25, -0.2) is 4.98 Å². The largest absolute Gasteiger partial charge is 0.490 e.